The van der Waals surface area contributed by atoms with Crippen LogP contribution in [0, 0.1) is 0 Å². The Hall–Kier alpha value is -1.91. The molecule has 0 spiro atoms. The molecule has 5 nitrogen and oxygen atoms in total. The molecule has 0 atom stereocenters. The third-order valence-electron chi connectivity index (χ3n) is 2.80. The number of primary amides is 2. The average Bonchev–Trinajstić information content (AvgIpc) is 2.30. The van der Waals surface area contributed by atoms with Gasteiger partial charge >= 0.3 is 0 Å². The van der Waals surface area contributed by atoms with Crippen LogP contribution in [0.2, 0.25) is 0 Å². The average molecular weight is 249 g/mol. The fourth-order valence-corrected chi connectivity index (χ4v) is 2.07. The standard InChI is InChI=1S/C13H19N3O2/c1-3-5-8-9(6-4-2)11(13(15)18)16-7-10(8)12(14)17/h7H,3-6H2,1-2H3,(H2,14,17)(H2,15,18). The highest BCUT2D eigenvalue weighted by molar-refractivity contribution is 5.97. The third-order valence-corrected chi connectivity index (χ3v) is 2.80. The number of nitrogens with two attached hydrogens (primary N) is 2. The first-order valence-corrected chi connectivity index (χ1v) is 6.13. The monoisotopic (exact) mass is 249 g/mol. The van der Waals surface area contributed by atoms with Crippen molar-refractivity contribution < 1.29 is 9.59 Å². The summed E-state index contributed by atoms with van der Waals surface area (Å²) in [7, 11) is 0. The second-order valence-corrected chi connectivity index (χ2v) is 4.21. The van der Waals surface area contributed by atoms with Gasteiger partial charge in [0.2, 0.25) is 0 Å². The molecule has 0 aliphatic carbocycles. The molecule has 1 aromatic heterocycles. The number of rotatable bonds is 6. The maximum Gasteiger partial charge on any atom is 0.267 e. The van der Waals surface area contributed by atoms with E-state index in [0.717, 1.165) is 24.0 Å². The Morgan fingerprint density at radius 3 is 2.06 bits per heavy atom. The van der Waals surface area contributed by atoms with Crippen LogP contribution in [0.1, 0.15) is 58.7 Å². The highest BCUT2D eigenvalue weighted by Crippen LogP contribution is 2.20. The van der Waals surface area contributed by atoms with Crippen molar-refractivity contribution in [2.45, 2.75) is 39.5 Å². The molecule has 0 saturated heterocycles. The van der Waals surface area contributed by atoms with Crippen molar-refractivity contribution in [3.63, 3.8) is 0 Å². The summed E-state index contributed by atoms with van der Waals surface area (Å²) in [4.78, 5) is 26.8. The lowest BCUT2D eigenvalue weighted by molar-refractivity contribution is 0.0982. The smallest absolute Gasteiger partial charge is 0.267 e. The highest BCUT2D eigenvalue weighted by atomic mass is 16.1. The van der Waals surface area contributed by atoms with E-state index in [-0.39, 0.29) is 5.69 Å². The largest absolute Gasteiger partial charge is 0.366 e. The van der Waals surface area contributed by atoms with Crippen LogP contribution in [-0.4, -0.2) is 16.8 Å². The van der Waals surface area contributed by atoms with Gasteiger partial charge in [0.05, 0.1) is 5.56 Å². The Kier molecular flexibility index (Phi) is 4.83. The molecule has 1 aromatic rings. The van der Waals surface area contributed by atoms with Crippen molar-refractivity contribution in [3.8, 4) is 0 Å². The van der Waals surface area contributed by atoms with Gasteiger partial charge in [0, 0.05) is 6.20 Å². The molecule has 0 bridgehead atoms. The molecule has 1 rings (SSSR count). The second kappa shape index (κ2) is 6.14. The molecule has 5 heteroatoms. The first-order valence-electron chi connectivity index (χ1n) is 6.13. The third kappa shape index (κ3) is 2.85. The van der Waals surface area contributed by atoms with E-state index in [4.69, 9.17) is 11.5 Å². The predicted molar refractivity (Wildman–Crippen MR) is 69.3 cm³/mol. The van der Waals surface area contributed by atoms with Gasteiger partial charge in [-0.05, 0) is 24.0 Å². The summed E-state index contributed by atoms with van der Waals surface area (Å²) in [6.07, 6.45) is 4.42. The van der Waals surface area contributed by atoms with Gasteiger partial charge in [-0.25, -0.2) is 4.98 Å². The Balaban J connectivity index is 3.48. The van der Waals surface area contributed by atoms with Gasteiger partial charge in [-0.1, -0.05) is 26.7 Å². The van der Waals surface area contributed by atoms with E-state index in [0.29, 0.717) is 18.4 Å². The zero-order valence-electron chi connectivity index (χ0n) is 10.8. The Bertz CT molecular complexity index is 427. The zero-order valence-corrected chi connectivity index (χ0v) is 10.8. The highest BCUT2D eigenvalue weighted by Gasteiger charge is 2.19. The van der Waals surface area contributed by atoms with Crippen molar-refractivity contribution in [2.75, 3.05) is 0 Å². The van der Waals surface area contributed by atoms with Crippen LogP contribution >= 0.6 is 0 Å². The maximum atomic E-state index is 11.4. The molecule has 2 amide bonds. The number of carbonyl (C=O) groups excluding carboxylic acids is 2. The fraction of sp³-hybridized carbons (Fsp3) is 0.462. The summed E-state index contributed by atoms with van der Waals surface area (Å²) < 4.78 is 0. The van der Waals surface area contributed by atoms with E-state index in [9.17, 15) is 9.59 Å². The van der Waals surface area contributed by atoms with E-state index in [1.165, 1.54) is 6.20 Å². The van der Waals surface area contributed by atoms with Gasteiger partial charge in [-0.3, -0.25) is 9.59 Å². The van der Waals surface area contributed by atoms with Crippen molar-refractivity contribution >= 4 is 11.8 Å². The summed E-state index contributed by atoms with van der Waals surface area (Å²) in [6, 6.07) is 0. The molecule has 0 aliphatic heterocycles. The Labute approximate surface area is 107 Å². The van der Waals surface area contributed by atoms with Gasteiger partial charge in [-0.2, -0.15) is 0 Å². The molecule has 0 aliphatic rings. The molecule has 1 heterocycles. The summed E-state index contributed by atoms with van der Waals surface area (Å²) in [5, 5.41) is 0. The zero-order chi connectivity index (χ0) is 13.7. The first kappa shape index (κ1) is 14.2. The normalized spacial score (nSPS) is 10.3. The van der Waals surface area contributed by atoms with E-state index in [1.54, 1.807) is 0 Å². The summed E-state index contributed by atoms with van der Waals surface area (Å²) in [5.41, 5.74) is 12.9. The maximum absolute atomic E-state index is 11.4. The number of hydrogen-bond donors (Lipinski definition) is 2. The molecule has 0 radical (unpaired) electrons. The van der Waals surface area contributed by atoms with E-state index < -0.39 is 11.8 Å². The van der Waals surface area contributed by atoms with Crippen LogP contribution in [0.4, 0.5) is 0 Å². The molecule has 0 saturated carbocycles. The topological polar surface area (TPSA) is 99.1 Å². The van der Waals surface area contributed by atoms with Crippen LogP contribution < -0.4 is 11.5 Å². The van der Waals surface area contributed by atoms with Gasteiger partial charge < -0.3 is 11.5 Å². The first-order chi connectivity index (χ1) is 8.52. The lowest BCUT2D eigenvalue weighted by Gasteiger charge is -2.14. The number of amides is 2. The molecule has 0 aromatic carbocycles. The van der Waals surface area contributed by atoms with Gasteiger partial charge in [-0.15, -0.1) is 0 Å². The second-order valence-electron chi connectivity index (χ2n) is 4.21. The molecule has 4 N–H and O–H groups in total. The number of hydrogen-bond acceptors (Lipinski definition) is 3. The molecule has 98 valence electrons. The van der Waals surface area contributed by atoms with Crippen molar-refractivity contribution in [1.29, 1.82) is 0 Å². The Morgan fingerprint density at radius 2 is 1.61 bits per heavy atom. The van der Waals surface area contributed by atoms with Gasteiger partial charge in [0.25, 0.3) is 11.8 Å². The molecule has 18 heavy (non-hydrogen) atoms. The van der Waals surface area contributed by atoms with Crippen LogP contribution in [-0.2, 0) is 12.8 Å². The van der Waals surface area contributed by atoms with Crippen molar-refractivity contribution in [3.05, 3.63) is 28.6 Å². The summed E-state index contributed by atoms with van der Waals surface area (Å²) in [5.74, 6) is -1.08. The molecule has 0 unspecified atom stereocenters. The van der Waals surface area contributed by atoms with Crippen LogP contribution in [0.5, 0.6) is 0 Å². The van der Waals surface area contributed by atoms with E-state index >= 15 is 0 Å². The van der Waals surface area contributed by atoms with Gasteiger partial charge in [0.15, 0.2) is 0 Å². The molecular weight excluding hydrogens is 230 g/mol. The lowest BCUT2D eigenvalue weighted by Crippen LogP contribution is -2.22. The minimum Gasteiger partial charge on any atom is -0.366 e. The quantitative estimate of drug-likeness (QED) is 0.791. The SMILES string of the molecule is CCCc1c(C(N)=O)cnc(C(N)=O)c1CCC. The van der Waals surface area contributed by atoms with E-state index in [1.807, 2.05) is 13.8 Å². The molecular formula is C13H19N3O2. The number of aromatic nitrogens is 1. The number of pyridine rings is 1. The van der Waals surface area contributed by atoms with Crippen LogP contribution in [0.15, 0.2) is 6.20 Å². The van der Waals surface area contributed by atoms with Gasteiger partial charge in [0.1, 0.15) is 5.69 Å². The summed E-state index contributed by atoms with van der Waals surface area (Å²) >= 11 is 0. The molecule has 0 fully saturated rings. The van der Waals surface area contributed by atoms with E-state index in [2.05, 4.69) is 4.98 Å². The minimum absolute atomic E-state index is 0.255. The Morgan fingerprint density at radius 1 is 1.06 bits per heavy atom. The summed E-state index contributed by atoms with van der Waals surface area (Å²) in [6.45, 7) is 4.00. The fourth-order valence-electron chi connectivity index (χ4n) is 2.07. The van der Waals surface area contributed by atoms with Crippen LogP contribution in [0.3, 0.4) is 0 Å². The number of carbonyl (C=O) groups is 2. The van der Waals surface area contributed by atoms with Crippen molar-refractivity contribution in [2.24, 2.45) is 11.5 Å². The van der Waals surface area contributed by atoms with Crippen molar-refractivity contribution in [1.82, 2.24) is 4.98 Å². The predicted octanol–water partition coefficient (Wildman–Crippen LogP) is 1.18. The number of nitrogens with zero attached hydrogens (tertiary/aromatic N) is 1. The van der Waals surface area contributed by atoms with Crippen LogP contribution in [0.25, 0.3) is 0 Å². The lowest BCUT2D eigenvalue weighted by atomic mass is 9.93. The minimum atomic E-state index is -0.563.